The molecule has 1 atom stereocenters. The second-order valence-corrected chi connectivity index (χ2v) is 5.84. The first-order valence-electron chi connectivity index (χ1n) is 8.39. The lowest BCUT2D eigenvalue weighted by Crippen LogP contribution is -2.52. The number of amides is 3. The Morgan fingerprint density at radius 3 is 2.37 bits per heavy atom. The van der Waals surface area contributed by atoms with E-state index in [0.717, 1.165) is 5.56 Å². The number of carbonyl (C=O) groups is 3. The average Bonchev–Trinajstić information content (AvgIpc) is 2.71. The van der Waals surface area contributed by atoms with Gasteiger partial charge >= 0.3 is 0 Å². The summed E-state index contributed by atoms with van der Waals surface area (Å²) in [4.78, 5) is 35.7. The van der Waals surface area contributed by atoms with Gasteiger partial charge in [0.2, 0.25) is 12.0 Å². The van der Waals surface area contributed by atoms with E-state index < -0.39 is 17.9 Å². The van der Waals surface area contributed by atoms with Gasteiger partial charge in [-0.25, -0.2) is 0 Å². The Bertz CT molecular complexity index is 825. The number of para-hydroxylation sites is 2. The predicted molar refractivity (Wildman–Crippen MR) is 95.8 cm³/mol. The third kappa shape index (κ3) is 5.21. The zero-order valence-electron chi connectivity index (χ0n) is 14.4. The zero-order chi connectivity index (χ0) is 19.1. The molecule has 2 aromatic carbocycles. The summed E-state index contributed by atoms with van der Waals surface area (Å²) in [6.45, 7) is -0.219. The van der Waals surface area contributed by atoms with Gasteiger partial charge in [0.1, 0.15) is 6.61 Å². The van der Waals surface area contributed by atoms with Crippen molar-refractivity contribution in [3.63, 3.8) is 0 Å². The highest BCUT2D eigenvalue weighted by Gasteiger charge is 2.27. The van der Waals surface area contributed by atoms with Gasteiger partial charge in [0.25, 0.3) is 11.8 Å². The molecule has 0 saturated carbocycles. The molecule has 1 heterocycles. The maximum atomic E-state index is 12.1. The van der Waals surface area contributed by atoms with Gasteiger partial charge in [-0.05, 0) is 17.7 Å². The van der Waals surface area contributed by atoms with Crippen molar-refractivity contribution in [2.75, 3.05) is 13.2 Å². The van der Waals surface area contributed by atoms with Crippen molar-refractivity contribution in [3.05, 3.63) is 60.2 Å². The highest BCUT2D eigenvalue weighted by molar-refractivity contribution is 5.88. The van der Waals surface area contributed by atoms with Crippen LogP contribution in [-0.2, 0) is 20.8 Å². The van der Waals surface area contributed by atoms with Gasteiger partial charge < -0.3 is 14.8 Å². The molecule has 8 heteroatoms. The lowest BCUT2D eigenvalue weighted by atomic mass is 10.1. The Morgan fingerprint density at radius 1 is 0.889 bits per heavy atom. The smallest absolute Gasteiger partial charge is 0.283 e. The summed E-state index contributed by atoms with van der Waals surface area (Å²) >= 11 is 0. The number of hydrogen-bond acceptors (Lipinski definition) is 5. The Balaban J connectivity index is 1.38. The van der Waals surface area contributed by atoms with E-state index in [1.165, 1.54) is 0 Å². The van der Waals surface area contributed by atoms with E-state index >= 15 is 0 Å². The van der Waals surface area contributed by atoms with Crippen molar-refractivity contribution in [1.29, 1.82) is 0 Å². The molecule has 27 heavy (non-hydrogen) atoms. The van der Waals surface area contributed by atoms with Crippen molar-refractivity contribution in [2.45, 2.75) is 12.5 Å². The van der Waals surface area contributed by atoms with Crippen molar-refractivity contribution in [1.82, 2.24) is 16.2 Å². The van der Waals surface area contributed by atoms with Gasteiger partial charge in [-0.15, -0.1) is 0 Å². The molecular formula is C19H19N3O5. The number of hydrogen-bond donors (Lipinski definition) is 3. The molecule has 0 bridgehead atoms. The molecule has 8 nitrogen and oxygen atoms in total. The Kier molecular flexibility index (Phi) is 5.88. The number of hydrazine groups is 1. The first kappa shape index (κ1) is 18.2. The van der Waals surface area contributed by atoms with E-state index in [0.29, 0.717) is 11.5 Å². The molecule has 1 aliphatic rings. The molecule has 1 aliphatic heterocycles. The van der Waals surface area contributed by atoms with Crippen LogP contribution in [0, 0.1) is 0 Å². The van der Waals surface area contributed by atoms with E-state index in [9.17, 15) is 14.4 Å². The highest BCUT2D eigenvalue weighted by Crippen LogP contribution is 2.30. The summed E-state index contributed by atoms with van der Waals surface area (Å²) in [6.07, 6.45) is -0.708. The number of nitrogens with one attached hydrogen (secondary N) is 3. The van der Waals surface area contributed by atoms with Gasteiger partial charge in [-0.1, -0.05) is 42.5 Å². The van der Waals surface area contributed by atoms with Gasteiger partial charge in [0.05, 0.1) is 13.0 Å². The van der Waals surface area contributed by atoms with Crippen LogP contribution in [0.4, 0.5) is 0 Å². The minimum absolute atomic E-state index is 0.0343. The lowest BCUT2D eigenvalue weighted by Gasteiger charge is -2.25. The Hall–Kier alpha value is -3.55. The van der Waals surface area contributed by atoms with E-state index in [4.69, 9.17) is 9.47 Å². The molecule has 0 radical (unpaired) electrons. The summed E-state index contributed by atoms with van der Waals surface area (Å²) in [7, 11) is 0. The predicted octanol–water partition coefficient (Wildman–Crippen LogP) is 0.333. The third-order valence-electron chi connectivity index (χ3n) is 3.78. The summed E-state index contributed by atoms with van der Waals surface area (Å²) in [5, 5.41) is 2.49. The zero-order valence-corrected chi connectivity index (χ0v) is 14.4. The Morgan fingerprint density at radius 2 is 1.59 bits per heavy atom. The fourth-order valence-electron chi connectivity index (χ4n) is 2.43. The normalized spacial score (nSPS) is 14.7. The summed E-state index contributed by atoms with van der Waals surface area (Å²) < 4.78 is 11.0. The first-order chi connectivity index (χ1) is 13.1. The van der Waals surface area contributed by atoms with E-state index in [2.05, 4.69) is 16.2 Å². The topological polar surface area (TPSA) is 106 Å². The SMILES string of the molecule is O=C(Cc1ccccc1)NCC(=O)NNC(=O)[C@H]1COc2ccccc2O1. The molecule has 3 rings (SSSR count). The second kappa shape index (κ2) is 8.70. The molecule has 3 N–H and O–H groups in total. The molecule has 0 unspecified atom stereocenters. The van der Waals surface area contributed by atoms with Crippen LogP contribution in [0.25, 0.3) is 0 Å². The van der Waals surface area contributed by atoms with Gasteiger partial charge in [0, 0.05) is 0 Å². The van der Waals surface area contributed by atoms with E-state index in [1.807, 2.05) is 30.3 Å². The lowest BCUT2D eigenvalue weighted by molar-refractivity contribution is -0.135. The monoisotopic (exact) mass is 369 g/mol. The molecule has 2 aromatic rings. The second-order valence-electron chi connectivity index (χ2n) is 5.84. The fraction of sp³-hybridized carbons (Fsp3) is 0.211. The van der Waals surface area contributed by atoms with Crippen molar-refractivity contribution < 1.29 is 23.9 Å². The fourth-order valence-corrected chi connectivity index (χ4v) is 2.43. The molecule has 0 aliphatic carbocycles. The van der Waals surface area contributed by atoms with Crippen LogP contribution in [0.2, 0.25) is 0 Å². The molecule has 0 spiro atoms. The largest absolute Gasteiger partial charge is 0.485 e. The van der Waals surface area contributed by atoms with Gasteiger partial charge in [-0.3, -0.25) is 25.2 Å². The van der Waals surface area contributed by atoms with Gasteiger partial charge in [0.15, 0.2) is 11.5 Å². The molecule has 140 valence electrons. The van der Waals surface area contributed by atoms with Crippen LogP contribution in [-0.4, -0.2) is 37.0 Å². The molecule has 0 saturated heterocycles. The van der Waals surface area contributed by atoms with Crippen LogP contribution in [0.3, 0.4) is 0 Å². The number of carbonyl (C=O) groups excluding carboxylic acids is 3. The van der Waals surface area contributed by atoms with E-state index in [1.54, 1.807) is 24.3 Å². The standard InChI is InChI=1S/C19H19N3O5/c23-17(10-13-6-2-1-3-7-13)20-11-18(24)21-22-19(25)16-12-26-14-8-4-5-9-15(14)27-16/h1-9,16H,10-12H2,(H,20,23)(H,21,24)(H,22,25)/t16-/m1/s1. The highest BCUT2D eigenvalue weighted by atomic mass is 16.6. The first-order valence-corrected chi connectivity index (χ1v) is 8.39. The number of ether oxygens (including phenoxy) is 2. The van der Waals surface area contributed by atoms with Gasteiger partial charge in [-0.2, -0.15) is 0 Å². The molecule has 0 aromatic heterocycles. The van der Waals surface area contributed by atoms with Crippen LogP contribution in [0.1, 0.15) is 5.56 Å². The van der Waals surface area contributed by atoms with E-state index in [-0.39, 0.29) is 25.5 Å². The quantitative estimate of drug-likeness (QED) is 0.659. The summed E-state index contributed by atoms with van der Waals surface area (Å²) in [5.41, 5.74) is 5.34. The average molecular weight is 369 g/mol. The van der Waals surface area contributed by atoms with Crippen molar-refractivity contribution >= 4 is 17.7 Å². The van der Waals surface area contributed by atoms with Crippen LogP contribution in [0.5, 0.6) is 11.5 Å². The minimum Gasteiger partial charge on any atom is -0.485 e. The maximum Gasteiger partial charge on any atom is 0.283 e. The molecule has 3 amide bonds. The summed E-state index contributed by atoms with van der Waals surface area (Å²) in [6, 6.07) is 16.2. The minimum atomic E-state index is -0.882. The van der Waals surface area contributed by atoms with Crippen molar-refractivity contribution in [3.8, 4) is 11.5 Å². The molecule has 0 fully saturated rings. The molecular weight excluding hydrogens is 350 g/mol. The number of rotatable bonds is 5. The van der Waals surface area contributed by atoms with Crippen molar-refractivity contribution in [2.24, 2.45) is 0 Å². The van der Waals surface area contributed by atoms with Crippen LogP contribution < -0.4 is 25.6 Å². The maximum absolute atomic E-state index is 12.1. The Labute approximate surface area is 155 Å². The third-order valence-corrected chi connectivity index (χ3v) is 3.78. The number of fused-ring (bicyclic) bond motifs is 1. The van der Waals surface area contributed by atoms with Crippen LogP contribution >= 0.6 is 0 Å². The number of benzene rings is 2. The van der Waals surface area contributed by atoms with Crippen LogP contribution in [0.15, 0.2) is 54.6 Å². The summed E-state index contributed by atoms with van der Waals surface area (Å²) in [5.74, 6) is -0.367.